The van der Waals surface area contributed by atoms with Gasteiger partial charge < -0.3 is 5.32 Å². The van der Waals surface area contributed by atoms with E-state index in [0.29, 0.717) is 0 Å². The summed E-state index contributed by atoms with van der Waals surface area (Å²) in [6, 6.07) is 12.9. The average molecular weight is 303 g/mol. The van der Waals surface area contributed by atoms with Crippen molar-refractivity contribution in [2.24, 2.45) is 0 Å². The Bertz CT molecular complexity index is 719. The third kappa shape index (κ3) is 3.07. The molecule has 0 aromatic heterocycles. The van der Waals surface area contributed by atoms with Gasteiger partial charge in [0.05, 0.1) is 11.4 Å². The fourth-order valence-corrected chi connectivity index (χ4v) is 3.37. The van der Waals surface area contributed by atoms with Crippen LogP contribution < -0.4 is 5.32 Å². The van der Waals surface area contributed by atoms with Gasteiger partial charge >= 0.3 is 0 Å². The quantitative estimate of drug-likeness (QED) is 0.568. The summed E-state index contributed by atoms with van der Waals surface area (Å²) in [4.78, 5) is 2.48. The first-order valence-electron chi connectivity index (χ1n) is 7.11. The Hall–Kier alpha value is -2.45. The van der Waals surface area contributed by atoms with Crippen LogP contribution in [0.3, 0.4) is 0 Å². The lowest BCUT2D eigenvalue weighted by molar-refractivity contribution is 1.30. The highest BCUT2D eigenvalue weighted by Crippen LogP contribution is 2.44. The molecule has 1 N–H and O–H groups in total. The van der Waals surface area contributed by atoms with Gasteiger partial charge in [-0.1, -0.05) is 73.5 Å². The molecule has 3 rings (SSSR count). The normalized spacial score (nSPS) is 12.7. The van der Waals surface area contributed by atoms with Gasteiger partial charge in [0.1, 0.15) is 0 Å². The molecule has 0 radical (unpaired) electrons. The zero-order valence-corrected chi connectivity index (χ0v) is 13.1. The number of hydrogen-bond acceptors (Lipinski definition) is 2. The van der Waals surface area contributed by atoms with E-state index in [1.807, 2.05) is 12.2 Å². The number of nitrogens with one attached hydrogen (secondary N) is 1. The van der Waals surface area contributed by atoms with E-state index in [1.165, 1.54) is 20.9 Å². The Morgan fingerprint density at radius 1 is 0.773 bits per heavy atom. The molecule has 108 valence electrons. The molecule has 0 aliphatic carbocycles. The summed E-state index contributed by atoms with van der Waals surface area (Å²) in [5.74, 6) is 0. The van der Waals surface area contributed by atoms with Gasteiger partial charge in [0.15, 0.2) is 0 Å². The first-order chi connectivity index (χ1) is 10.8. The predicted molar refractivity (Wildman–Crippen MR) is 98.8 cm³/mol. The molecule has 0 saturated carbocycles. The molecule has 2 heteroatoms. The van der Waals surface area contributed by atoms with E-state index in [9.17, 15) is 0 Å². The summed E-state index contributed by atoms with van der Waals surface area (Å²) < 4.78 is 0. The highest BCUT2D eigenvalue weighted by Gasteiger charge is 2.15. The minimum absolute atomic E-state index is 1.16. The van der Waals surface area contributed by atoms with Gasteiger partial charge in [0.25, 0.3) is 0 Å². The number of allylic oxidation sites excluding steroid dienone is 4. The van der Waals surface area contributed by atoms with Crippen LogP contribution >= 0.6 is 11.8 Å². The number of benzene rings is 2. The van der Waals surface area contributed by atoms with E-state index in [1.54, 1.807) is 23.9 Å². The lowest BCUT2D eigenvalue weighted by Crippen LogP contribution is -2.00. The number of fused-ring (bicyclic) bond motifs is 2. The Morgan fingerprint density at radius 2 is 1.27 bits per heavy atom. The molecular formula is C20H17NS. The molecule has 1 nitrogen and oxygen atoms in total. The zero-order valence-electron chi connectivity index (χ0n) is 12.3. The summed E-state index contributed by atoms with van der Waals surface area (Å²) in [5.41, 5.74) is 4.67. The van der Waals surface area contributed by atoms with Crippen LogP contribution in [0, 0.1) is 0 Å². The van der Waals surface area contributed by atoms with Crippen LogP contribution in [0.1, 0.15) is 11.1 Å². The molecule has 0 bridgehead atoms. The van der Waals surface area contributed by atoms with Crippen LogP contribution in [0.2, 0.25) is 0 Å². The topological polar surface area (TPSA) is 12.0 Å². The van der Waals surface area contributed by atoms with Crippen LogP contribution in [-0.4, -0.2) is 0 Å². The van der Waals surface area contributed by atoms with Crippen molar-refractivity contribution < 1.29 is 0 Å². The Labute approximate surface area is 135 Å². The summed E-state index contributed by atoms with van der Waals surface area (Å²) in [6.45, 7) is 7.42. The molecule has 22 heavy (non-hydrogen) atoms. The monoisotopic (exact) mass is 303 g/mol. The maximum Gasteiger partial charge on any atom is 0.0526 e. The molecule has 0 unspecified atom stereocenters. The number of rotatable bonds is 4. The lowest BCUT2D eigenvalue weighted by Gasteiger charge is -2.21. The second kappa shape index (κ2) is 6.54. The largest absolute Gasteiger partial charge is 0.354 e. The Kier molecular flexibility index (Phi) is 4.31. The summed E-state index contributed by atoms with van der Waals surface area (Å²) >= 11 is 1.80. The second-order valence-corrected chi connectivity index (χ2v) is 6.01. The Morgan fingerprint density at radius 3 is 1.73 bits per heavy atom. The van der Waals surface area contributed by atoms with E-state index in [4.69, 9.17) is 0 Å². The van der Waals surface area contributed by atoms with Crippen molar-refractivity contribution in [2.75, 3.05) is 5.32 Å². The van der Waals surface area contributed by atoms with E-state index in [2.05, 4.69) is 67.0 Å². The molecule has 1 aliphatic heterocycles. The van der Waals surface area contributed by atoms with E-state index in [0.717, 1.165) is 11.4 Å². The van der Waals surface area contributed by atoms with E-state index >= 15 is 0 Å². The molecular weight excluding hydrogens is 286 g/mol. The highest BCUT2D eigenvalue weighted by atomic mass is 32.2. The second-order valence-electron chi connectivity index (χ2n) is 4.93. The number of anilines is 2. The molecule has 1 aliphatic rings. The van der Waals surface area contributed by atoms with Gasteiger partial charge in [-0.3, -0.25) is 0 Å². The predicted octanol–water partition coefficient (Wildman–Crippen LogP) is 6.29. The third-order valence-electron chi connectivity index (χ3n) is 3.35. The van der Waals surface area contributed by atoms with Gasteiger partial charge in [-0.25, -0.2) is 0 Å². The standard InChI is InChI=1S/C20H17NS/c1-3-5-7-15-9-11-17-19(13-15)22-20-14-16(8-6-4-2)10-12-18(20)21-17/h3-14,21H,1-2H2. The first-order valence-corrected chi connectivity index (χ1v) is 7.93. The van der Waals surface area contributed by atoms with Crippen LogP contribution in [0.15, 0.2) is 83.7 Å². The lowest BCUT2D eigenvalue weighted by atomic mass is 10.1. The van der Waals surface area contributed by atoms with Crippen molar-refractivity contribution in [2.45, 2.75) is 9.79 Å². The molecule has 0 amide bonds. The molecule has 0 spiro atoms. The van der Waals surface area contributed by atoms with Crippen molar-refractivity contribution in [3.8, 4) is 0 Å². The minimum atomic E-state index is 1.16. The smallest absolute Gasteiger partial charge is 0.0526 e. The molecule has 0 atom stereocenters. The molecule has 2 aromatic rings. The summed E-state index contributed by atoms with van der Waals surface area (Å²) in [6.07, 6.45) is 11.6. The SMILES string of the molecule is C=CC=Cc1ccc2c(c1)Sc1cc(C=CC=C)ccc1N2. The van der Waals surface area contributed by atoms with Crippen LogP contribution in [-0.2, 0) is 0 Å². The fraction of sp³-hybridized carbons (Fsp3) is 0. The number of hydrogen-bond donors (Lipinski definition) is 1. The average Bonchev–Trinajstić information content (AvgIpc) is 2.56. The maximum atomic E-state index is 3.71. The highest BCUT2D eigenvalue weighted by molar-refractivity contribution is 7.99. The maximum absolute atomic E-state index is 3.71. The van der Waals surface area contributed by atoms with Crippen LogP contribution in [0.25, 0.3) is 12.2 Å². The van der Waals surface area contributed by atoms with Crippen molar-refractivity contribution in [3.05, 3.63) is 85.0 Å². The van der Waals surface area contributed by atoms with Crippen molar-refractivity contribution in [1.82, 2.24) is 0 Å². The molecule has 0 fully saturated rings. The van der Waals surface area contributed by atoms with Gasteiger partial charge in [0, 0.05) is 9.79 Å². The summed E-state index contributed by atoms with van der Waals surface area (Å²) in [7, 11) is 0. The van der Waals surface area contributed by atoms with Gasteiger partial charge in [-0.2, -0.15) is 0 Å². The third-order valence-corrected chi connectivity index (χ3v) is 4.47. The van der Waals surface area contributed by atoms with Crippen molar-refractivity contribution in [1.29, 1.82) is 0 Å². The van der Waals surface area contributed by atoms with Gasteiger partial charge in [0.2, 0.25) is 0 Å². The van der Waals surface area contributed by atoms with E-state index < -0.39 is 0 Å². The summed E-state index contributed by atoms with van der Waals surface area (Å²) in [5, 5.41) is 3.50. The zero-order chi connectivity index (χ0) is 15.4. The van der Waals surface area contributed by atoms with Crippen LogP contribution in [0.5, 0.6) is 0 Å². The van der Waals surface area contributed by atoms with Gasteiger partial charge in [-0.05, 0) is 35.4 Å². The molecule has 1 heterocycles. The fourth-order valence-electron chi connectivity index (χ4n) is 2.28. The minimum Gasteiger partial charge on any atom is -0.354 e. The van der Waals surface area contributed by atoms with Crippen LogP contribution in [0.4, 0.5) is 11.4 Å². The first kappa shape index (κ1) is 14.5. The molecule has 0 saturated heterocycles. The van der Waals surface area contributed by atoms with Crippen molar-refractivity contribution in [3.63, 3.8) is 0 Å². The van der Waals surface area contributed by atoms with Crippen molar-refractivity contribution >= 4 is 35.3 Å². The van der Waals surface area contributed by atoms with E-state index in [-0.39, 0.29) is 0 Å². The Balaban J connectivity index is 1.92. The molecule has 2 aromatic carbocycles. The van der Waals surface area contributed by atoms with Gasteiger partial charge in [-0.15, -0.1) is 0 Å².